The lowest BCUT2D eigenvalue weighted by Crippen LogP contribution is -2.32. The van der Waals surface area contributed by atoms with Crippen LogP contribution in [0.5, 0.6) is 5.75 Å². The summed E-state index contributed by atoms with van der Waals surface area (Å²) >= 11 is 0. The standard InChI is InChI=1S/C18H21N3O3/c1-12-3-7-15(8-4-12)24-10-9-20-18(23)21-16-11-14(17(19)22)6-5-13(16)2/h3-8,11H,9-10H2,1-2H3,(H2,19,22)(H2,20,21,23). The minimum absolute atomic E-state index is 0.346. The number of urea groups is 1. The maximum absolute atomic E-state index is 11.9. The lowest BCUT2D eigenvalue weighted by Gasteiger charge is -2.11. The van der Waals surface area contributed by atoms with Gasteiger partial charge >= 0.3 is 6.03 Å². The number of carbonyl (C=O) groups excluding carboxylic acids is 2. The molecule has 0 aliphatic rings. The van der Waals surface area contributed by atoms with E-state index in [1.807, 2.05) is 38.1 Å². The highest BCUT2D eigenvalue weighted by molar-refractivity contribution is 5.96. The van der Waals surface area contributed by atoms with Gasteiger partial charge in [-0.3, -0.25) is 4.79 Å². The average molecular weight is 327 g/mol. The number of ether oxygens (including phenoxy) is 1. The number of benzene rings is 2. The van der Waals surface area contributed by atoms with Crippen LogP contribution in [-0.4, -0.2) is 25.1 Å². The van der Waals surface area contributed by atoms with Crippen molar-refractivity contribution in [1.29, 1.82) is 0 Å². The van der Waals surface area contributed by atoms with Crippen LogP contribution in [0.25, 0.3) is 0 Å². The molecule has 0 aromatic heterocycles. The Morgan fingerprint density at radius 1 is 1.08 bits per heavy atom. The summed E-state index contributed by atoms with van der Waals surface area (Å²) in [4.78, 5) is 23.1. The summed E-state index contributed by atoms with van der Waals surface area (Å²) in [6.07, 6.45) is 0. The first-order valence-corrected chi connectivity index (χ1v) is 7.60. The van der Waals surface area contributed by atoms with E-state index in [1.54, 1.807) is 18.2 Å². The summed E-state index contributed by atoms with van der Waals surface area (Å²) in [6, 6.07) is 12.2. The van der Waals surface area contributed by atoms with Gasteiger partial charge in [0, 0.05) is 11.3 Å². The molecule has 3 amide bonds. The van der Waals surface area contributed by atoms with Gasteiger partial charge in [0.2, 0.25) is 5.91 Å². The van der Waals surface area contributed by atoms with Crippen molar-refractivity contribution >= 4 is 17.6 Å². The van der Waals surface area contributed by atoms with E-state index < -0.39 is 5.91 Å². The molecule has 126 valence electrons. The van der Waals surface area contributed by atoms with Crippen LogP contribution in [0.2, 0.25) is 0 Å². The molecule has 2 aromatic rings. The summed E-state index contributed by atoms with van der Waals surface area (Å²) in [6.45, 7) is 4.55. The van der Waals surface area contributed by atoms with Crippen LogP contribution in [0, 0.1) is 13.8 Å². The molecule has 0 aliphatic heterocycles. The Labute approximate surface area is 141 Å². The molecular weight excluding hydrogens is 306 g/mol. The van der Waals surface area contributed by atoms with Gasteiger partial charge in [-0.05, 0) is 43.7 Å². The van der Waals surface area contributed by atoms with Crippen LogP contribution in [0.3, 0.4) is 0 Å². The zero-order chi connectivity index (χ0) is 17.5. The van der Waals surface area contributed by atoms with Crippen molar-refractivity contribution in [1.82, 2.24) is 5.32 Å². The molecule has 0 aliphatic carbocycles. The van der Waals surface area contributed by atoms with Gasteiger partial charge < -0.3 is 21.1 Å². The van der Waals surface area contributed by atoms with Gasteiger partial charge in [-0.25, -0.2) is 4.79 Å². The molecule has 0 radical (unpaired) electrons. The van der Waals surface area contributed by atoms with E-state index in [9.17, 15) is 9.59 Å². The van der Waals surface area contributed by atoms with E-state index in [1.165, 1.54) is 0 Å². The number of nitrogens with two attached hydrogens (primary N) is 1. The molecule has 0 heterocycles. The maximum atomic E-state index is 11.9. The Bertz CT molecular complexity index is 727. The fraction of sp³-hybridized carbons (Fsp3) is 0.222. The first-order valence-electron chi connectivity index (χ1n) is 7.60. The number of anilines is 1. The van der Waals surface area contributed by atoms with Crippen molar-refractivity contribution in [2.75, 3.05) is 18.5 Å². The number of carbonyl (C=O) groups is 2. The quantitative estimate of drug-likeness (QED) is 0.712. The predicted octanol–water partition coefficient (Wildman–Crippen LogP) is 2.60. The van der Waals surface area contributed by atoms with Gasteiger partial charge in [-0.15, -0.1) is 0 Å². The second-order valence-electron chi connectivity index (χ2n) is 5.44. The molecule has 0 atom stereocenters. The first-order chi connectivity index (χ1) is 11.5. The van der Waals surface area contributed by atoms with Crippen LogP contribution in [0.15, 0.2) is 42.5 Å². The summed E-state index contributed by atoms with van der Waals surface area (Å²) in [5, 5.41) is 5.40. The Balaban J connectivity index is 1.80. The zero-order valence-corrected chi connectivity index (χ0v) is 13.8. The average Bonchev–Trinajstić information content (AvgIpc) is 2.55. The molecule has 24 heavy (non-hydrogen) atoms. The molecule has 0 spiro atoms. The van der Waals surface area contributed by atoms with Crippen molar-refractivity contribution < 1.29 is 14.3 Å². The summed E-state index contributed by atoms with van der Waals surface area (Å²) in [7, 11) is 0. The highest BCUT2D eigenvalue weighted by Crippen LogP contribution is 2.16. The molecule has 0 unspecified atom stereocenters. The molecule has 0 saturated heterocycles. The van der Waals surface area contributed by atoms with Crippen molar-refractivity contribution in [3.05, 3.63) is 59.2 Å². The normalized spacial score (nSPS) is 10.1. The molecule has 2 aromatic carbocycles. The number of amides is 3. The van der Waals surface area contributed by atoms with Gasteiger partial charge in [0.05, 0.1) is 6.54 Å². The number of primary amides is 1. The largest absolute Gasteiger partial charge is 0.492 e. The number of aryl methyl sites for hydroxylation is 2. The predicted molar refractivity (Wildman–Crippen MR) is 93.4 cm³/mol. The number of rotatable bonds is 6. The molecule has 0 bridgehead atoms. The molecule has 2 rings (SSSR count). The topological polar surface area (TPSA) is 93.4 Å². The van der Waals surface area contributed by atoms with Crippen LogP contribution in [0.1, 0.15) is 21.5 Å². The second kappa shape index (κ2) is 8.01. The van der Waals surface area contributed by atoms with Crippen molar-refractivity contribution in [2.24, 2.45) is 5.73 Å². The lowest BCUT2D eigenvalue weighted by molar-refractivity contribution is 0.100. The minimum atomic E-state index is -0.537. The van der Waals surface area contributed by atoms with E-state index in [4.69, 9.17) is 10.5 Å². The van der Waals surface area contributed by atoms with E-state index in [-0.39, 0.29) is 6.03 Å². The Morgan fingerprint density at radius 3 is 2.46 bits per heavy atom. The molecule has 0 saturated carbocycles. The smallest absolute Gasteiger partial charge is 0.319 e. The molecule has 0 fully saturated rings. The Hall–Kier alpha value is -3.02. The van der Waals surface area contributed by atoms with Crippen molar-refractivity contribution in [3.8, 4) is 5.75 Å². The van der Waals surface area contributed by atoms with Gasteiger partial charge in [0.25, 0.3) is 0 Å². The minimum Gasteiger partial charge on any atom is -0.492 e. The molecule has 4 N–H and O–H groups in total. The number of nitrogens with one attached hydrogen (secondary N) is 2. The Kier molecular flexibility index (Phi) is 5.78. The maximum Gasteiger partial charge on any atom is 0.319 e. The van der Waals surface area contributed by atoms with Gasteiger partial charge in [0.15, 0.2) is 0 Å². The third-order valence-corrected chi connectivity index (χ3v) is 3.45. The van der Waals surface area contributed by atoms with E-state index in [0.29, 0.717) is 24.4 Å². The van der Waals surface area contributed by atoms with Crippen LogP contribution in [-0.2, 0) is 0 Å². The Morgan fingerprint density at radius 2 is 1.79 bits per heavy atom. The van der Waals surface area contributed by atoms with Crippen LogP contribution < -0.4 is 21.1 Å². The van der Waals surface area contributed by atoms with Crippen molar-refractivity contribution in [3.63, 3.8) is 0 Å². The monoisotopic (exact) mass is 327 g/mol. The lowest BCUT2D eigenvalue weighted by atomic mass is 10.1. The van der Waals surface area contributed by atoms with Crippen LogP contribution >= 0.6 is 0 Å². The summed E-state index contributed by atoms with van der Waals surface area (Å²) in [5.74, 6) is 0.220. The molecule has 6 nitrogen and oxygen atoms in total. The molecular formula is C18H21N3O3. The van der Waals surface area contributed by atoms with Gasteiger partial charge in [0.1, 0.15) is 12.4 Å². The third-order valence-electron chi connectivity index (χ3n) is 3.45. The molecule has 6 heteroatoms. The zero-order valence-electron chi connectivity index (χ0n) is 13.8. The third kappa shape index (κ3) is 5.01. The highest BCUT2D eigenvalue weighted by Gasteiger charge is 2.07. The summed E-state index contributed by atoms with van der Waals surface area (Å²) < 4.78 is 5.53. The number of hydrogen-bond acceptors (Lipinski definition) is 3. The first kappa shape index (κ1) is 17.3. The van der Waals surface area contributed by atoms with Crippen LogP contribution in [0.4, 0.5) is 10.5 Å². The van der Waals surface area contributed by atoms with E-state index in [2.05, 4.69) is 10.6 Å². The van der Waals surface area contributed by atoms with Crippen molar-refractivity contribution in [2.45, 2.75) is 13.8 Å². The SMILES string of the molecule is Cc1ccc(OCCNC(=O)Nc2cc(C(N)=O)ccc2C)cc1. The fourth-order valence-electron chi connectivity index (χ4n) is 2.04. The number of hydrogen-bond donors (Lipinski definition) is 3. The fourth-order valence-corrected chi connectivity index (χ4v) is 2.04. The summed E-state index contributed by atoms with van der Waals surface area (Å²) in [5.41, 5.74) is 8.13. The van der Waals surface area contributed by atoms with Gasteiger partial charge in [-0.2, -0.15) is 0 Å². The van der Waals surface area contributed by atoms with E-state index >= 15 is 0 Å². The highest BCUT2D eigenvalue weighted by atomic mass is 16.5. The second-order valence-corrected chi connectivity index (χ2v) is 5.44. The van der Waals surface area contributed by atoms with Gasteiger partial charge in [-0.1, -0.05) is 23.8 Å². The van der Waals surface area contributed by atoms with E-state index in [0.717, 1.165) is 16.9 Å².